The van der Waals surface area contributed by atoms with E-state index in [9.17, 15) is 4.79 Å². The fourth-order valence-electron chi connectivity index (χ4n) is 2.75. The number of carbonyl (C=O) groups excluding carboxylic acids is 1. The molecule has 1 aromatic heterocycles. The van der Waals surface area contributed by atoms with Crippen LogP contribution in [0.2, 0.25) is 0 Å². The van der Waals surface area contributed by atoms with Crippen LogP contribution in [0.15, 0.2) is 10.9 Å². The van der Waals surface area contributed by atoms with Gasteiger partial charge in [0, 0.05) is 18.5 Å². The summed E-state index contributed by atoms with van der Waals surface area (Å²) in [4.78, 5) is 18.2. The van der Waals surface area contributed by atoms with Gasteiger partial charge in [0.25, 0.3) is 5.91 Å². The fourth-order valence-corrected chi connectivity index (χ4v) is 3.28. The van der Waals surface area contributed by atoms with E-state index in [2.05, 4.69) is 10.3 Å². The van der Waals surface area contributed by atoms with Crippen molar-refractivity contribution in [3.8, 4) is 0 Å². The molecule has 2 bridgehead atoms. The molecule has 2 atom stereocenters. The zero-order valence-corrected chi connectivity index (χ0v) is 9.87. The van der Waals surface area contributed by atoms with Crippen LogP contribution in [0.1, 0.15) is 16.9 Å². The van der Waals surface area contributed by atoms with Gasteiger partial charge < -0.3 is 10.2 Å². The molecule has 2 aliphatic heterocycles. The Bertz CT molecular complexity index is 367. The summed E-state index contributed by atoms with van der Waals surface area (Å²) in [6.07, 6.45) is 1.27. The van der Waals surface area contributed by atoms with Crippen molar-refractivity contribution in [1.29, 1.82) is 0 Å². The minimum absolute atomic E-state index is 0.109. The van der Waals surface area contributed by atoms with Gasteiger partial charge in [-0.05, 0) is 31.3 Å². The molecule has 1 amide bonds. The Labute approximate surface area is 98.7 Å². The zero-order valence-electron chi connectivity index (χ0n) is 9.06. The number of hydrogen-bond acceptors (Lipinski definition) is 4. The first-order chi connectivity index (χ1) is 7.83. The third kappa shape index (κ3) is 1.85. The van der Waals surface area contributed by atoms with Crippen molar-refractivity contribution in [2.45, 2.75) is 6.42 Å². The minimum atomic E-state index is 0.109. The van der Waals surface area contributed by atoms with Gasteiger partial charge in [0.2, 0.25) is 0 Å². The number of aromatic nitrogens is 1. The number of piperidine rings is 2. The van der Waals surface area contributed by atoms with Crippen LogP contribution < -0.4 is 5.32 Å². The van der Waals surface area contributed by atoms with Gasteiger partial charge in [0.05, 0.1) is 5.51 Å². The molecule has 0 radical (unpaired) electrons. The van der Waals surface area contributed by atoms with Gasteiger partial charge in [-0.3, -0.25) is 4.79 Å². The molecule has 5 heteroatoms. The highest BCUT2D eigenvalue weighted by atomic mass is 32.1. The van der Waals surface area contributed by atoms with E-state index >= 15 is 0 Å². The maximum absolute atomic E-state index is 12.1. The van der Waals surface area contributed by atoms with Gasteiger partial charge in [-0.25, -0.2) is 4.98 Å². The molecule has 3 rings (SSSR count). The standard InChI is InChI=1S/C11H15N3OS/c15-11(10-6-16-7-13-10)14-4-8-1-9(5-14)3-12-2-8/h6-9,12H,1-5H2/t8-,9-/m1/s1. The molecule has 1 N–H and O–H groups in total. The molecule has 3 heterocycles. The van der Waals surface area contributed by atoms with Crippen molar-refractivity contribution in [2.24, 2.45) is 11.8 Å². The molecule has 86 valence electrons. The normalized spacial score (nSPS) is 29.1. The van der Waals surface area contributed by atoms with E-state index in [1.165, 1.54) is 17.8 Å². The van der Waals surface area contributed by atoms with Crippen LogP contribution in [0, 0.1) is 11.8 Å². The van der Waals surface area contributed by atoms with E-state index < -0.39 is 0 Å². The summed E-state index contributed by atoms with van der Waals surface area (Å²) in [5, 5.41) is 5.27. The predicted molar refractivity (Wildman–Crippen MR) is 62.5 cm³/mol. The summed E-state index contributed by atoms with van der Waals surface area (Å²) in [5.41, 5.74) is 2.33. The summed E-state index contributed by atoms with van der Waals surface area (Å²) in [7, 11) is 0. The lowest BCUT2D eigenvalue weighted by Crippen LogP contribution is -2.52. The van der Waals surface area contributed by atoms with Gasteiger partial charge in [-0.15, -0.1) is 11.3 Å². The molecule has 16 heavy (non-hydrogen) atoms. The Hall–Kier alpha value is -0.940. The predicted octanol–water partition coefficient (Wildman–Crippen LogP) is 0.825. The fraction of sp³-hybridized carbons (Fsp3) is 0.636. The molecular formula is C11H15N3OS. The summed E-state index contributed by atoms with van der Waals surface area (Å²) < 4.78 is 0. The topological polar surface area (TPSA) is 45.2 Å². The van der Waals surface area contributed by atoms with Gasteiger partial charge in [-0.1, -0.05) is 0 Å². The van der Waals surface area contributed by atoms with Crippen molar-refractivity contribution in [3.63, 3.8) is 0 Å². The number of nitrogens with zero attached hydrogens (tertiary/aromatic N) is 2. The molecule has 0 aliphatic carbocycles. The summed E-state index contributed by atoms with van der Waals surface area (Å²) >= 11 is 1.48. The van der Waals surface area contributed by atoms with Crippen LogP contribution in [0.3, 0.4) is 0 Å². The minimum Gasteiger partial charge on any atom is -0.337 e. The van der Waals surface area contributed by atoms with Crippen molar-refractivity contribution >= 4 is 17.2 Å². The average molecular weight is 237 g/mol. The molecule has 2 aliphatic rings. The molecular weight excluding hydrogens is 222 g/mol. The van der Waals surface area contributed by atoms with E-state index in [0.717, 1.165) is 26.2 Å². The number of fused-ring (bicyclic) bond motifs is 2. The van der Waals surface area contributed by atoms with Gasteiger partial charge >= 0.3 is 0 Å². The second kappa shape index (κ2) is 4.14. The summed E-state index contributed by atoms with van der Waals surface area (Å²) in [6, 6.07) is 0. The average Bonchev–Trinajstić information content (AvgIpc) is 2.81. The first-order valence-corrected chi connectivity index (χ1v) is 6.65. The lowest BCUT2D eigenvalue weighted by Gasteiger charge is -2.41. The Morgan fingerprint density at radius 3 is 2.81 bits per heavy atom. The number of nitrogens with one attached hydrogen (secondary N) is 1. The molecule has 4 nitrogen and oxygen atoms in total. The van der Waals surface area contributed by atoms with E-state index in [1.807, 2.05) is 10.3 Å². The van der Waals surface area contributed by atoms with Crippen LogP contribution in [-0.4, -0.2) is 42.0 Å². The molecule has 1 aromatic rings. The second-order valence-corrected chi connectivity index (χ2v) is 5.43. The number of thiazole rings is 1. The van der Waals surface area contributed by atoms with Gasteiger partial charge in [0.15, 0.2) is 0 Å². The smallest absolute Gasteiger partial charge is 0.273 e. The van der Waals surface area contributed by atoms with Crippen LogP contribution in [0.5, 0.6) is 0 Å². The van der Waals surface area contributed by atoms with Crippen molar-refractivity contribution in [3.05, 3.63) is 16.6 Å². The summed E-state index contributed by atoms with van der Waals surface area (Å²) in [6.45, 7) is 3.88. The quantitative estimate of drug-likeness (QED) is 0.786. The van der Waals surface area contributed by atoms with Crippen molar-refractivity contribution < 1.29 is 4.79 Å². The second-order valence-electron chi connectivity index (χ2n) is 4.71. The van der Waals surface area contributed by atoms with E-state index in [-0.39, 0.29) is 5.91 Å². The first-order valence-electron chi connectivity index (χ1n) is 5.71. The number of likely N-dealkylation sites (tertiary alicyclic amines) is 1. The Morgan fingerprint density at radius 1 is 1.44 bits per heavy atom. The molecule has 2 saturated heterocycles. The lowest BCUT2D eigenvalue weighted by molar-refractivity contribution is 0.0533. The Kier molecular flexibility index (Phi) is 2.65. The maximum Gasteiger partial charge on any atom is 0.273 e. The zero-order chi connectivity index (χ0) is 11.0. The highest BCUT2D eigenvalue weighted by Gasteiger charge is 2.33. The molecule has 0 spiro atoms. The number of carbonyl (C=O) groups is 1. The van der Waals surface area contributed by atoms with Gasteiger partial charge in [-0.2, -0.15) is 0 Å². The highest BCUT2D eigenvalue weighted by molar-refractivity contribution is 7.07. The van der Waals surface area contributed by atoms with E-state index in [0.29, 0.717) is 17.5 Å². The van der Waals surface area contributed by atoms with E-state index in [4.69, 9.17) is 0 Å². The molecule has 0 unspecified atom stereocenters. The number of rotatable bonds is 1. The monoisotopic (exact) mass is 237 g/mol. The highest BCUT2D eigenvalue weighted by Crippen LogP contribution is 2.25. The lowest BCUT2D eigenvalue weighted by atomic mass is 9.86. The van der Waals surface area contributed by atoms with Crippen molar-refractivity contribution in [2.75, 3.05) is 26.2 Å². The SMILES string of the molecule is O=C(c1cscn1)N1C[C@H]2CNC[C@@H](C2)C1. The number of hydrogen-bond donors (Lipinski definition) is 1. The van der Waals surface area contributed by atoms with Crippen LogP contribution in [0.4, 0.5) is 0 Å². The van der Waals surface area contributed by atoms with Crippen molar-refractivity contribution in [1.82, 2.24) is 15.2 Å². The van der Waals surface area contributed by atoms with Crippen LogP contribution in [-0.2, 0) is 0 Å². The largest absolute Gasteiger partial charge is 0.337 e. The first kappa shape index (κ1) is 10.2. The third-order valence-electron chi connectivity index (χ3n) is 3.43. The maximum atomic E-state index is 12.1. The molecule has 0 saturated carbocycles. The molecule has 2 fully saturated rings. The molecule has 0 aromatic carbocycles. The Morgan fingerprint density at radius 2 is 2.19 bits per heavy atom. The summed E-state index contributed by atoms with van der Waals surface area (Å²) in [5.74, 6) is 1.38. The Balaban J connectivity index is 1.73. The van der Waals surface area contributed by atoms with Crippen LogP contribution in [0.25, 0.3) is 0 Å². The van der Waals surface area contributed by atoms with Gasteiger partial charge in [0.1, 0.15) is 5.69 Å². The van der Waals surface area contributed by atoms with Crippen LogP contribution >= 0.6 is 11.3 Å². The third-order valence-corrected chi connectivity index (χ3v) is 4.01. The van der Waals surface area contributed by atoms with E-state index in [1.54, 1.807) is 5.51 Å². The number of amides is 1.